The van der Waals surface area contributed by atoms with Gasteiger partial charge in [0, 0.05) is 102 Å². The van der Waals surface area contributed by atoms with Crippen LogP contribution in [-0.4, -0.2) is 175 Å². The van der Waals surface area contributed by atoms with Gasteiger partial charge in [0.05, 0.1) is 50.3 Å². The van der Waals surface area contributed by atoms with Gasteiger partial charge in [-0.1, -0.05) is 158 Å². The third kappa shape index (κ3) is 15.5. The van der Waals surface area contributed by atoms with Gasteiger partial charge in [0.25, 0.3) is 5.91 Å². The number of piperazine rings is 2. The molecule has 4 aliphatic heterocycles. The quantitative estimate of drug-likeness (QED) is 0.0819. The molecular weight excluding hydrogens is 1250 g/mol. The van der Waals surface area contributed by atoms with Gasteiger partial charge in [0.1, 0.15) is 0 Å². The fraction of sp³-hybridized carbons (Fsp3) is 0.278. The van der Waals surface area contributed by atoms with E-state index in [1.807, 2.05) is 42.5 Å². The second-order valence-electron chi connectivity index (χ2n) is 22.6. The number of amides is 3. The lowest BCUT2D eigenvalue weighted by Crippen LogP contribution is -2.66. The van der Waals surface area contributed by atoms with E-state index in [0.717, 1.165) is 50.8 Å². The highest BCUT2D eigenvalue weighted by molar-refractivity contribution is 7.89. The van der Waals surface area contributed by atoms with Crippen LogP contribution in [0.15, 0.2) is 228 Å². The number of carboxylic acid groups (broad SMARTS) is 1. The maximum Gasteiger partial charge on any atom is 0.343 e. The molecule has 4 heterocycles. The third-order valence-corrected chi connectivity index (χ3v) is 20.8. The largest absolute Gasteiger partial charge is 0.493 e. The molecule has 23 heteroatoms. The summed E-state index contributed by atoms with van der Waals surface area (Å²) in [5.74, 6) is -1.54. The molecule has 8 aromatic rings. The highest BCUT2D eigenvalue weighted by Crippen LogP contribution is 2.38. The molecule has 0 aliphatic carbocycles. The van der Waals surface area contributed by atoms with Crippen LogP contribution in [0.25, 0.3) is 0 Å². The molecule has 4 fully saturated rings. The minimum absolute atomic E-state index is 0.00587. The lowest BCUT2D eigenvalue weighted by molar-refractivity contribution is -0.144. The number of aliphatic carboxylic acids is 1. The van der Waals surface area contributed by atoms with Gasteiger partial charge >= 0.3 is 5.97 Å². The van der Waals surface area contributed by atoms with E-state index in [2.05, 4.69) is 100 Å². The Labute approximate surface area is 555 Å². The highest BCUT2D eigenvalue weighted by atomic mass is 32.2. The van der Waals surface area contributed by atoms with Crippen LogP contribution in [0, 0.1) is 0 Å². The standard InChI is InChI=1S/C36H38N4O6S.C19H20N2O7S.C17H20N2/c1-45-31-19-18-30(26-32(31)46-2)47(43,44)39-21-20-33(41)40(29-16-10-5-11-17-29)35(39)36(42)38-24-22-37(23-25-38)34(27-12-6-3-7-13-27)28-14-8-4-9-15-28;1-27-15-9-8-14(12-16(15)28-2)29(25,26)20-11-10-17(22)21(18(20)19(23)24)13-6-4-3-5-7-13;1-3-7-15(8-4-1)17(16-9-5-2-6-10-16)19-13-11-18-12-14-19/h3-19,26,34-35H,20-25H2,1-2H3;3-9,12,18H,10-11H2,1-2H3,(H,23,24);1-10,17-18H,11-14H2. The van der Waals surface area contributed by atoms with Gasteiger partial charge in [-0.3, -0.25) is 34.0 Å². The molecule has 2 N–H and O–H groups in total. The number of carboxylic acids is 1. The van der Waals surface area contributed by atoms with Crippen molar-refractivity contribution in [2.75, 3.05) is 104 Å². The van der Waals surface area contributed by atoms with Crippen LogP contribution in [-0.2, 0) is 39.2 Å². The predicted molar refractivity (Wildman–Crippen MR) is 361 cm³/mol. The molecular formula is C72H78N8O13S2. The Hall–Kier alpha value is -9.46. The molecule has 8 aromatic carbocycles. The second kappa shape index (κ2) is 31.6. The molecule has 95 heavy (non-hydrogen) atoms. The summed E-state index contributed by atoms with van der Waals surface area (Å²) in [6, 6.07) is 67.7. The van der Waals surface area contributed by atoms with Crippen molar-refractivity contribution in [3.63, 3.8) is 0 Å². The minimum atomic E-state index is -4.27. The number of para-hydroxylation sites is 2. The molecule has 496 valence electrons. The molecule has 4 aliphatic rings. The number of nitrogens with one attached hydrogen (secondary N) is 1. The van der Waals surface area contributed by atoms with Crippen molar-refractivity contribution in [1.82, 2.24) is 28.6 Å². The molecule has 0 saturated carbocycles. The number of carbonyl (C=O) groups is 4. The van der Waals surface area contributed by atoms with E-state index < -0.39 is 50.2 Å². The second-order valence-corrected chi connectivity index (χ2v) is 26.4. The first-order chi connectivity index (χ1) is 46.1. The summed E-state index contributed by atoms with van der Waals surface area (Å²) in [6.07, 6.45) is -3.33. The Morgan fingerprint density at radius 2 is 0.747 bits per heavy atom. The zero-order valence-corrected chi connectivity index (χ0v) is 55.0. The SMILES string of the molecule is COc1ccc(S(=O)(=O)N2CCC(=O)N(c3ccccc3)C2C(=O)N2CCN(C(c3ccccc3)c3ccccc3)CC2)cc1OC.COc1ccc(S(=O)(=O)N2CCC(=O)N(c3ccccc3)C2C(=O)O)cc1OC.c1ccc(C(c2ccccc2)N2CCNCC2)cc1. The first kappa shape index (κ1) is 68.4. The maximum atomic E-state index is 14.6. The van der Waals surface area contributed by atoms with Crippen LogP contribution < -0.4 is 34.1 Å². The summed E-state index contributed by atoms with van der Waals surface area (Å²) < 4.78 is 78.1. The summed E-state index contributed by atoms with van der Waals surface area (Å²) in [5.41, 5.74) is 5.83. The molecule has 4 saturated heterocycles. The lowest BCUT2D eigenvalue weighted by atomic mass is 9.96. The van der Waals surface area contributed by atoms with Crippen LogP contribution in [0.1, 0.15) is 47.2 Å². The smallest absolute Gasteiger partial charge is 0.343 e. The van der Waals surface area contributed by atoms with Crippen molar-refractivity contribution in [2.45, 2.75) is 47.0 Å². The molecule has 21 nitrogen and oxygen atoms in total. The highest BCUT2D eigenvalue weighted by Gasteiger charge is 2.49. The van der Waals surface area contributed by atoms with Crippen LogP contribution in [0.3, 0.4) is 0 Å². The number of sulfonamides is 2. The summed E-state index contributed by atoms with van der Waals surface area (Å²) in [5, 5.41) is 13.2. The number of hydrogen-bond acceptors (Lipinski definition) is 15. The number of hydrogen-bond donors (Lipinski definition) is 2. The van der Waals surface area contributed by atoms with Crippen molar-refractivity contribution in [2.24, 2.45) is 0 Å². The number of methoxy groups -OCH3 is 4. The predicted octanol–water partition coefficient (Wildman–Crippen LogP) is 8.61. The molecule has 0 radical (unpaired) electrons. The Bertz CT molecular complexity index is 4020. The van der Waals surface area contributed by atoms with Crippen molar-refractivity contribution in [3.05, 3.63) is 241 Å². The summed E-state index contributed by atoms with van der Waals surface area (Å²) in [7, 11) is -2.84. The summed E-state index contributed by atoms with van der Waals surface area (Å²) in [6.45, 7) is 5.84. The number of benzene rings is 8. The van der Waals surface area contributed by atoms with Crippen molar-refractivity contribution in [1.29, 1.82) is 0 Å². The first-order valence-electron chi connectivity index (χ1n) is 31.2. The van der Waals surface area contributed by atoms with Crippen molar-refractivity contribution in [3.8, 4) is 23.0 Å². The Balaban J connectivity index is 0.000000173. The first-order valence-corrected chi connectivity index (χ1v) is 34.1. The summed E-state index contributed by atoms with van der Waals surface area (Å²) in [4.78, 5) is 61.3. The Morgan fingerprint density at radius 1 is 0.421 bits per heavy atom. The van der Waals surface area contributed by atoms with Crippen molar-refractivity contribution >= 4 is 55.1 Å². The van der Waals surface area contributed by atoms with Gasteiger partial charge in [0.15, 0.2) is 29.2 Å². The van der Waals surface area contributed by atoms with Crippen LogP contribution in [0.5, 0.6) is 23.0 Å². The van der Waals surface area contributed by atoms with Gasteiger partial charge < -0.3 is 34.3 Å². The van der Waals surface area contributed by atoms with Gasteiger partial charge in [-0.2, -0.15) is 8.61 Å². The topological polar surface area (TPSA) is 228 Å². The maximum absolute atomic E-state index is 14.6. The minimum Gasteiger partial charge on any atom is -0.493 e. The number of nitrogens with zero attached hydrogens (tertiary/aromatic N) is 7. The van der Waals surface area contributed by atoms with Crippen LogP contribution >= 0.6 is 0 Å². The zero-order valence-electron chi connectivity index (χ0n) is 53.4. The van der Waals surface area contributed by atoms with Crippen LogP contribution in [0.2, 0.25) is 0 Å². The molecule has 0 aromatic heterocycles. The summed E-state index contributed by atoms with van der Waals surface area (Å²) >= 11 is 0. The van der Waals surface area contributed by atoms with E-state index >= 15 is 0 Å². The number of ether oxygens (including phenoxy) is 4. The van der Waals surface area contributed by atoms with Gasteiger partial charge in [-0.25, -0.2) is 21.6 Å². The molecule has 2 unspecified atom stereocenters. The van der Waals surface area contributed by atoms with E-state index in [9.17, 15) is 41.1 Å². The van der Waals surface area contributed by atoms with Crippen molar-refractivity contribution < 1.29 is 60.1 Å². The van der Waals surface area contributed by atoms with Gasteiger partial charge in [0.2, 0.25) is 38.0 Å². The fourth-order valence-corrected chi connectivity index (χ4v) is 15.5. The normalized spacial score (nSPS) is 17.6. The number of anilines is 2. The Morgan fingerprint density at radius 3 is 1.09 bits per heavy atom. The third-order valence-electron chi connectivity index (χ3n) is 17.1. The van der Waals surface area contributed by atoms with E-state index in [-0.39, 0.29) is 59.2 Å². The molecule has 0 bridgehead atoms. The van der Waals surface area contributed by atoms with Gasteiger partial charge in [-0.05, 0) is 70.8 Å². The van der Waals surface area contributed by atoms with E-state index in [0.29, 0.717) is 55.1 Å². The van der Waals surface area contributed by atoms with E-state index in [1.54, 1.807) is 59.5 Å². The molecule has 3 amide bonds. The molecule has 0 spiro atoms. The molecule has 2 atom stereocenters. The molecule has 12 rings (SSSR count). The number of rotatable bonds is 18. The average Bonchev–Trinajstić information content (AvgIpc) is 0.762. The fourth-order valence-electron chi connectivity index (χ4n) is 12.4. The Kier molecular flexibility index (Phi) is 22.8. The lowest BCUT2D eigenvalue weighted by Gasteiger charge is -2.45. The van der Waals surface area contributed by atoms with Crippen LogP contribution in [0.4, 0.5) is 11.4 Å². The monoisotopic (exact) mass is 1330 g/mol. The van der Waals surface area contributed by atoms with Gasteiger partial charge in [-0.15, -0.1) is 0 Å². The number of carbonyl (C=O) groups excluding carboxylic acids is 3. The zero-order chi connectivity index (χ0) is 67.1. The van der Waals surface area contributed by atoms with E-state index in [4.69, 9.17) is 18.9 Å². The van der Waals surface area contributed by atoms with E-state index in [1.165, 1.54) is 80.9 Å². The average molecular weight is 1330 g/mol.